The lowest BCUT2D eigenvalue weighted by Crippen LogP contribution is -2.24. The summed E-state index contributed by atoms with van der Waals surface area (Å²) in [7, 11) is 1.44. The number of tetrazole rings is 1. The van der Waals surface area contributed by atoms with E-state index >= 15 is 0 Å². The van der Waals surface area contributed by atoms with Crippen molar-refractivity contribution >= 4 is 5.69 Å². The van der Waals surface area contributed by atoms with Crippen LogP contribution in [0.2, 0.25) is 0 Å². The smallest absolute Gasteiger partial charge is 0.368 e. The zero-order valence-corrected chi connectivity index (χ0v) is 11.7. The van der Waals surface area contributed by atoms with Crippen LogP contribution in [0.15, 0.2) is 23.0 Å². The standard InChI is InChI=1S/C12H13N5O5/c1-15-12(18)16(14-13-15)10-6-8(17(19)20)2-3-11(10)22-9-4-5-21-7-9/h2-3,6,9H,4-5,7H2,1H3/t9-/m0/s1. The fourth-order valence-corrected chi connectivity index (χ4v) is 2.13. The molecule has 116 valence electrons. The molecule has 1 atom stereocenters. The molecule has 0 N–H and O–H groups in total. The maximum atomic E-state index is 12.0. The van der Waals surface area contributed by atoms with Crippen molar-refractivity contribution in [2.45, 2.75) is 12.5 Å². The Morgan fingerprint density at radius 2 is 2.27 bits per heavy atom. The Kier molecular flexibility index (Phi) is 3.59. The van der Waals surface area contributed by atoms with E-state index in [-0.39, 0.29) is 17.5 Å². The fraction of sp³-hybridized carbons (Fsp3) is 0.417. The van der Waals surface area contributed by atoms with Gasteiger partial charge in [-0.1, -0.05) is 0 Å². The molecule has 1 aliphatic heterocycles. The van der Waals surface area contributed by atoms with Crippen LogP contribution in [0.25, 0.3) is 5.69 Å². The third-order valence-electron chi connectivity index (χ3n) is 3.28. The summed E-state index contributed by atoms with van der Waals surface area (Å²) in [6.07, 6.45) is 0.554. The van der Waals surface area contributed by atoms with Crippen LogP contribution in [-0.2, 0) is 11.8 Å². The maximum Gasteiger partial charge on any atom is 0.368 e. The van der Waals surface area contributed by atoms with Crippen LogP contribution in [0.5, 0.6) is 5.75 Å². The van der Waals surface area contributed by atoms with Crippen LogP contribution in [0.4, 0.5) is 5.69 Å². The number of rotatable bonds is 4. The zero-order chi connectivity index (χ0) is 15.7. The average Bonchev–Trinajstić information content (AvgIpc) is 3.11. The molecule has 1 aromatic carbocycles. The van der Waals surface area contributed by atoms with Gasteiger partial charge in [0.2, 0.25) is 0 Å². The minimum absolute atomic E-state index is 0.160. The monoisotopic (exact) mass is 307 g/mol. The summed E-state index contributed by atoms with van der Waals surface area (Å²) in [4.78, 5) is 22.4. The van der Waals surface area contributed by atoms with Crippen LogP contribution in [0, 0.1) is 10.1 Å². The second-order valence-corrected chi connectivity index (χ2v) is 4.81. The zero-order valence-electron chi connectivity index (χ0n) is 11.7. The van der Waals surface area contributed by atoms with Gasteiger partial charge in [-0.15, -0.1) is 0 Å². The lowest BCUT2D eigenvalue weighted by molar-refractivity contribution is -0.384. The number of benzene rings is 1. The lowest BCUT2D eigenvalue weighted by atomic mass is 10.2. The number of hydrogen-bond acceptors (Lipinski definition) is 7. The third-order valence-corrected chi connectivity index (χ3v) is 3.28. The molecule has 0 radical (unpaired) electrons. The number of aromatic nitrogens is 4. The Hall–Kier alpha value is -2.75. The number of aryl methyl sites for hydroxylation is 1. The van der Waals surface area contributed by atoms with Gasteiger partial charge in [-0.2, -0.15) is 9.36 Å². The average molecular weight is 307 g/mol. The normalized spacial score (nSPS) is 17.6. The van der Waals surface area contributed by atoms with Gasteiger partial charge in [-0.05, 0) is 16.5 Å². The summed E-state index contributed by atoms with van der Waals surface area (Å²) in [5, 5.41) is 18.3. The van der Waals surface area contributed by atoms with E-state index in [1.165, 1.54) is 25.2 Å². The van der Waals surface area contributed by atoms with Gasteiger partial charge in [0.1, 0.15) is 17.5 Å². The molecule has 1 saturated heterocycles. The second kappa shape index (κ2) is 5.56. The highest BCUT2D eigenvalue weighted by Gasteiger charge is 2.22. The van der Waals surface area contributed by atoms with E-state index in [4.69, 9.17) is 9.47 Å². The van der Waals surface area contributed by atoms with Gasteiger partial charge in [0.25, 0.3) is 5.69 Å². The summed E-state index contributed by atoms with van der Waals surface area (Å²) in [6.45, 7) is 1.03. The molecule has 1 aliphatic rings. The van der Waals surface area contributed by atoms with Gasteiger partial charge in [-0.25, -0.2) is 4.79 Å². The largest absolute Gasteiger partial charge is 0.486 e. The molecule has 3 rings (SSSR count). The molecular weight excluding hydrogens is 294 g/mol. The predicted octanol–water partition coefficient (Wildman–Crippen LogP) is 0.0419. The van der Waals surface area contributed by atoms with E-state index in [9.17, 15) is 14.9 Å². The molecule has 1 fully saturated rings. The quantitative estimate of drug-likeness (QED) is 0.578. The highest BCUT2D eigenvalue weighted by atomic mass is 16.6. The number of nitrogens with zero attached hydrogens (tertiary/aromatic N) is 5. The second-order valence-electron chi connectivity index (χ2n) is 4.81. The van der Waals surface area contributed by atoms with Gasteiger partial charge < -0.3 is 9.47 Å². The number of nitro benzene ring substituents is 1. The van der Waals surface area contributed by atoms with Crippen molar-refractivity contribution in [1.82, 2.24) is 19.8 Å². The number of nitro groups is 1. The highest BCUT2D eigenvalue weighted by Crippen LogP contribution is 2.28. The highest BCUT2D eigenvalue weighted by molar-refractivity contribution is 5.53. The molecule has 0 unspecified atom stereocenters. The van der Waals surface area contributed by atoms with Gasteiger partial charge in [0.15, 0.2) is 0 Å². The Morgan fingerprint density at radius 1 is 1.45 bits per heavy atom. The van der Waals surface area contributed by atoms with Crippen LogP contribution in [0.1, 0.15) is 6.42 Å². The molecule has 0 spiro atoms. The van der Waals surface area contributed by atoms with Crippen molar-refractivity contribution in [3.8, 4) is 11.4 Å². The van der Waals surface area contributed by atoms with Gasteiger partial charge in [-0.3, -0.25) is 10.1 Å². The summed E-state index contributed by atoms with van der Waals surface area (Å²) in [5.41, 5.74) is -0.505. The number of ether oxygens (including phenoxy) is 2. The first-order valence-electron chi connectivity index (χ1n) is 6.58. The van der Waals surface area contributed by atoms with Crippen LogP contribution in [-0.4, -0.2) is 44.0 Å². The molecular formula is C12H13N5O5. The number of hydrogen-bond donors (Lipinski definition) is 0. The molecule has 22 heavy (non-hydrogen) atoms. The first-order valence-corrected chi connectivity index (χ1v) is 6.58. The molecule has 2 aromatic rings. The van der Waals surface area contributed by atoms with Gasteiger partial charge in [0, 0.05) is 25.6 Å². The van der Waals surface area contributed by atoms with E-state index in [1.54, 1.807) is 0 Å². The van der Waals surface area contributed by atoms with Crippen molar-refractivity contribution in [1.29, 1.82) is 0 Å². The topological polar surface area (TPSA) is 114 Å². The minimum Gasteiger partial charge on any atom is -0.486 e. The molecule has 10 nitrogen and oxygen atoms in total. The molecule has 0 bridgehead atoms. The molecule has 10 heteroatoms. The molecule has 2 heterocycles. The third kappa shape index (κ3) is 2.55. The minimum atomic E-state index is -0.548. The van der Waals surface area contributed by atoms with E-state index in [1.807, 2.05) is 0 Å². The molecule has 1 aromatic heterocycles. The summed E-state index contributed by atoms with van der Waals surface area (Å²) in [6, 6.07) is 4.00. The van der Waals surface area contributed by atoms with Crippen molar-refractivity contribution in [3.05, 3.63) is 38.8 Å². The van der Waals surface area contributed by atoms with Crippen molar-refractivity contribution in [2.75, 3.05) is 13.2 Å². The Morgan fingerprint density at radius 3 is 2.86 bits per heavy atom. The van der Waals surface area contributed by atoms with E-state index in [0.717, 1.165) is 9.36 Å². The summed E-state index contributed by atoms with van der Waals surface area (Å²) < 4.78 is 13.0. The SMILES string of the molecule is Cn1nnn(-c2cc([N+](=O)[O-])ccc2O[C@H]2CCOC2)c1=O. The first-order chi connectivity index (χ1) is 10.6. The van der Waals surface area contributed by atoms with Crippen molar-refractivity contribution < 1.29 is 14.4 Å². The van der Waals surface area contributed by atoms with Crippen molar-refractivity contribution in [3.63, 3.8) is 0 Å². The predicted molar refractivity (Wildman–Crippen MR) is 73.1 cm³/mol. The Labute approximate surface area is 124 Å². The lowest BCUT2D eigenvalue weighted by Gasteiger charge is -2.14. The molecule has 0 saturated carbocycles. The fourth-order valence-electron chi connectivity index (χ4n) is 2.13. The van der Waals surface area contributed by atoms with Crippen LogP contribution >= 0.6 is 0 Å². The van der Waals surface area contributed by atoms with Gasteiger partial charge in [0.05, 0.1) is 18.1 Å². The van der Waals surface area contributed by atoms with E-state index < -0.39 is 10.6 Å². The molecule has 0 amide bonds. The van der Waals surface area contributed by atoms with E-state index in [0.29, 0.717) is 25.4 Å². The van der Waals surface area contributed by atoms with Crippen LogP contribution in [0.3, 0.4) is 0 Å². The van der Waals surface area contributed by atoms with Gasteiger partial charge >= 0.3 is 5.69 Å². The summed E-state index contributed by atoms with van der Waals surface area (Å²) >= 11 is 0. The summed E-state index contributed by atoms with van der Waals surface area (Å²) in [5.74, 6) is 0.323. The van der Waals surface area contributed by atoms with E-state index in [2.05, 4.69) is 10.4 Å². The maximum absolute atomic E-state index is 12.0. The molecule has 0 aliphatic carbocycles. The Bertz CT molecular complexity index is 762. The number of non-ortho nitro benzene ring substituents is 1. The van der Waals surface area contributed by atoms with Crippen LogP contribution < -0.4 is 10.4 Å². The van der Waals surface area contributed by atoms with Crippen molar-refractivity contribution in [2.24, 2.45) is 7.05 Å². The first kappa shape index (κ1) is 14.2. The Balaban J connectivity index is 2.06.